The van der Waals surface area contributed by atoms with E-state index < -0.39 is 11.5 Å². The molecule has 0 amide bonds. The van der Waals surface area contributed by atoms with Gasteiger partial charge < -0.3 is 5.11 Å². The largest absolute Gasteiger partial charge is 0.480 e. The highest BCUT2D eigenvalue weighted by atomic mass is 16.4. The van der Waals surface area contributed by atoms with Crippen molar-refractivity contribution in [2.45, 2.75) is 57.5 Å². The number of hydrogen-bond donors (Lipinski definition) is 2. The van der Waals surface area contributed by atoms with E-state index in [1.807, 2.05) is 13.8 Å². The number of nitrogens with one attached hydrogen (secondary N) is 1. The molecule has 0 bridgehead atoms. The molecule has 1 rings (SSSR count). The molecule has 0 aliphatic heterocycles. The molecule has 3 heteroatoms. The summed E-state index contributed by atoms with van der Waals surface area (Å²) in [7, 11) is 0. The first-order chi connectivity index (χ1) is 7.14. The van der Waals surface area contributed by atoms with Crippen LogP contribution < -0.4 is 5.32 Å². The van der Waals surface area contributed by atoms with E-state index in [-0.39, 0.29) is 6.04 Å². The van der Waals surface area contributed by atoms with Crippen molar-refractivity contribution in [3.8, 4) is 0 Å². The van der Waals surface area contributed by atoms with Gasteiger partial charge in [-0.1, -0.05) is 26.0 Å². The third-order valence-electron chi connectivity index (χ3n) is 3.33. The minimum Gasteiger partial charge on any atom is -0.480 e. The molecule has 1 aliphatic rings. The monoisotopic (exact) mass is 211 g/mol. The number of carboxylic acid groups (broad SMARTS) is 1. The highest BCUT2D eigenvalue weighted by Crippen LogP contribution is 2.20. The summed E-state index contributed by atoms with van der Waals surface area (Å²) in [4.78, 5) is 11.3. The third-order valence-corrected chi connectivity index (χ3v) is 3.33. The number of aliphatic carboxylic acids is 1. The zero-order valence-electron chi connectivity index (χ0n) is 9.62. The second-order valence-electron chi connectivity index (χ2n) is 4.20. The zero-order valence-corrected chi connectivity index (χ0v) is 9.62. The van der Waals surface area contributed by atoms with Gasteiger partial charge in [-0.3, -0.25) is 10.1 Å². The Morgan fingerprint density at radius 2 is 2.20 bits per heavy atom. The van der Waals surface area contributed by atoms with Gasteiger partial charge in [0.05, 0.1) is 0 Å². The summed E-state index contributed by atoms with van der Waals surface area (Å²) in [5, 5.41) is 12.5. The van der Waals surface area contributed by atoms with E-state index in [4.69, 9.17) is 0 Å². The third kappa shape index (κ3) is 2.81. The second kappa shape index (κ2) is 5.31. The maximum Gasteiger partial charge on any atom is 0.323 e. The summed E-state index contributed by atoms with van der Waals surface area (Å²) >= 11 is 0. The fourth-order valence-corrected chi connectivity index (χ4v) is 2.11. The SMILES string of the molecule is CCC(CC)(NC1C=CCCC1)C(=O)O. The van der Waals surface area contributed by atoms with E-state index in [0.717, 1.165) is 19.3 Å². The summed E-state index contributed by atoms with van der Waals surface area (Å²) in [6.07, 6.45) is 8.82. The lowest BCUT2D eigenvalue weighted by atomic mass is 9.90. The van der Waals surface area contributed by atoms with Crippen LogP contribution in [0.15, 0.2) is 12.2 Å². The number of carboxylic acids is 1. The highest BCUT2D eigenvalue weighted by Gasteiger charge is 2.36. The van der Waals surface area contributed by atoms with Gasteiger partial charge in [-0.2, -0.15) is 0 Å². The normalized spacial score (nSPS) is 21.6. The molecular weight excluding hydrogens is 190 g/mol. The molecule has 1 unspecified atom stereocenters. The molecule has 0 spiro atoms. The summed E-state index contributed by atoms with van der Waals surface area (Å²) in [5.41, 5.74) is -0.744. The maximum absolute atomic E-state index is 11.3. The predicted molar refractivity (Wildman–Crippen MR) is 60.9 cm³/mol. The van der Waals surface area contributed by atoms with Crippen LogP contribution in [0.25, 0.3) is 0 Å². The first-order valence-corrected chi connectivity index (χ1v) is 5.82. The van der Waals surface area contributed by atoms with Crippen LogP contribution in [0.1, 0.15) is 46.0 Å². The Morgan fingerprint density at radius 3 is 2.60 bits per heavy atom. The van der Waals surface area contributed by atoms with Gasteiger partial charge in [0.25, 0.3) is 0 Å². The molecule has 2 N–H and O–H groups in total. The van der Waals surface area contributed by atoms with Crippen LogP contribution in [-0.2, 0) is 4.79 Å². The Morgan fingerprint density at radius 1 is 1.53 bits per heavy atom. The molecule has 0 aromatic carbocycles. The number of rotatable bonds is 5. The first kappa shape index (κ1) is 12.2. The Labute approximate surface area is 91.6 Å². The molecule has 0 fully saturated rings. The molecular formula is C12H21NO2. The number of hydrogen-bond acceptors (Lipinski definition) is 2. The van der Waals surface area contributed by atoms with Crippen LogP contribution in [0.4, 0.5) is 0 Å². The van der Waals surface area contributed by atoms with Gasteiger partial charge in [0.15, 0.2) is 0 Å². The molecule has 0 radical (unpaired) electrons. The lowest BCUT2D eigenvalue weighted by Crippen LogP contribution is -2.55. The van der Waals surface area contributed by atoms with Crippen molar-refractivity contribution in [2.24, 2.45) is 0 Å². The van der Waals surface area contributed by atoms with Gasteiger partial charge in [0, 0.05) is 6.04 Å². The Bertz CT molecular complexity index is 244. The van der Waals surface area contributed by atoms with Crippen molar-refractivity contribution in [2.75, 3.05) is 0 Å². The van der Waals surface area contributed by atoms with Crippen molar-refractivity contribution in [3.05, 3.63) is 12.2 Å². The van der Waals surface area contributed by atoms with Crippen molar-refractivity contribution in [1.29, 1.82) is 0 Å². The maximum atomic E-state index is 11.3. The standard InChI is InChI=1S/C12H21NO2/c1-3-12(4-2,11(14)15)13-10-8-6-5-7-9-10/h6,8,10,13H,3-5,7,9H2,1-2H3,(H,14,15). The Hall–Kier alpha value is -0.830. The molecule has 0 saturated heterocycles. The fourth-order valence-electron chi connectivity index (χ4n) is 2.11. The summed E-state index contributed by atoms with van der Waals surface area (Å²) in [5.74, 6) is -0.730. The van der Waals surface area contributed by atoms with E-state index in [1.165, 1.54) is 0 Å². The molecule has 15 heavy (non-hydrogen) atoms. The van der Waals surface area contributed by atoms with Crippen LogP contribution in [0.3, 0.4) is 0 Å². The van der Waals surface area contributed by atoms with E-state index in [9.17, 15) is 9.90 Å². The fraction of sp³-hybridized carbons (Fsp3) is 0.750. The van der Waals surface area contributed by atoms with Gasteiger partial charge in [-0.15, -0.1) is 0 Å². The molecule has 0 heterocycles. The molecule has 0 saturated carbocycles. The van der Waals surface area contributed by atoms with Crippen molar-refractivity contribution in [3.63, 3.8) is 0 Å². The Balaban J connectivity index is 2.68. The number of carbonyl (C=O) groups is 1. The lowest BCUT2D eigenvalue weighted by molar-refractivity contribution is -0.145. The van der Waals surface area contributed by atoms with Gasteiger partial charge in [-0.05, 0) is 32.1 Å². The van der Waals surface area contributed by atoms with E-state index in [1.54, 1.807) is 0 Å². The van der Waals surface area contributed by atoms with E-state index in [0.29, 0.717) is 12.8 Å². The molecule has 0 aromatic heterocycles. The van der Waals surface area contributed by atoms with Crippen molar-refractivity contribution >= 4 is 5.97 Å². The molecule has 86 valence electrons. The van der Waals surface area contributed by atoms with Crippen LogP contribution >= 0.6 is 0 Å². The predicted octanol–water partition coefficient (Wildman–Crippen LogP) is 2.33. The van der Waals surface area contributed by atoms with Gasteiger partial charge in [0.2, 0.25) is 0 Å². The zero-order chi connectivity index (χ0) is 11.3. The molecule has 1 atom stereocenters. The summed E-state index contributed by atoms with van der Waals surface area (Å²) < 4.78 is 0. The number of allylic oxidation sites excluding steroid dienone is 1. The van der Waals surface area contributed by atoms with Crippen molar-refractivity contribution in [1.82, 2.24) is 5.32 Å². The molecule has 3 nitrogen and oxygen atoms in total. The Kier molecular flexibility index (Phi) is 4.33. The van der Waals surface area contributed by atoms with Crippen LogP contribution in [0.5, 0.6) is 0 Å². The average molecular weight is 211 g/mol. The van der Waals surface area contributed by atoms with Crippen LogP contribution in [0, 0.1) is 0 Å². The molecule has 1 aliphatic carbocycles. The minimum atomic E-state index is -0.744. The minimum absolute atomic E-state index is 0.231. The highest BCUT2D eigenvalue weighted by molar-refractivity contribution is 5.78. The van der Waals surface area contributed by atoms with Gasteiger partial charge in [-0.25, -0.2) is 0 Å². The van der Waals surface area contributed by atoms with Crippen LogP contribution in [0.2, 0.25) is 0 Å². The molecule has 0 aromatic rings. The average Bonchev–Trinajstić information content (AvgIpc) is 2.27. The quantitative estimate of drug-likeness (QED) is 0.686. The second-order valence-corrected chi connectivity index (χ2v) is 4.20. The summed E-state index contributed by atoms with van der Waals surface area (Å²) in [6, 6.07) is 0.231. The smallest absolute Gasteiger partial charge is 0.323 e. The summed E-state index contributed by atoms with van der Waals surface area (Å²) in [6.45, 7) is 3.86. The topological polar surface area (TPSA) is 49.3 Å². The van der Waals surface area contributed by atoms with Crippen molar-refractivity contribution < 1.29 is 9.90 Å². The van der Waals surface area contributed by atoms with E-state index in [2.05, 4.69) is 17.5 Å². The van der Waals surface area contributed by atoms with Gasteiger partial charge >= 0.3 is 5.97 Å². The first-order valence-electron chi connectivity index (χ1n) is 5.82. The van der Waals surface area contributed by atoms with Gasteiger partial charge in [0.1, 0.15) is 5.54 Å². The van der Waals surface area contributed by atoms with Crippen LogP contribution in [-0.4, -0.2) is 22.7 Å². The van der Waals surface area contributed by atoms with E-state index >= 15 is 0 Å². The lowest BCUT2D eigenvalue weighted by Gasteiger charge is -2.33.